The molecule has 0 aliphatic carbocycles. The number of piperidine rings is 1. The molecule has 7 heteroatoms. The van der Waals surface area contributed by atoms with Gasteiger partial charge in [-0.3, -0.25) is 9.69 Å². The lowest BCUT2D eigenvalue weighted by molar-refractivity contribution is -0.140. The van der Waals surface area contributed by atoms with Crippen molar-refractivity contribution in [3.63, 3.8) is 0 Å². The van der Waals surface area contributed by atoms with Gasteiger partial charge in [0.05, 0.1) is 23.7 Å². The van der Waals surface area contributed by atoms with Gasteiger partial charge in [-0.2, -0.15) is 0 Å². The van der Waals surface area contributed by atoms with Gasteiger partial charge < -0.3 is 14.4 Å². The van der Waals surface area contributed by atoms with Gasteiger partial charge in [0.25, 0.3) is 0 Å². The van der Waals surface area contributed by atoms with Crippen LogP contribution in [-0.4, -0.2) is 46.6 Å². The number of nitrogens with zero attached hydrogens (tertiary/aromatic N) is 3. The number of hydrogen-bond donors (Lipinski definition) is 0. The molecule has 4 aliphatic rings. The number of hydrogen-bond acceptors (Lipinski definition) is 6. The standard InChI is InChI=1S/C19H21N3O3S/c23-19-14-2-3-16(22(19)8-15-10-26-11-20-15)9-21(7-14)6-13-1-4-17-18(5-13)25-12-24-17/h1,4-5,10-11,14,16H,2-3,6-9,12H2/t14-,16+/m0/s1. The van der Waals surface area contributed by atoms with Gasteiger partial charge in [-0.25, -0.2) is 4.98 Å². The van der Waals surface area contributed by atoms with Crippen molar-refractivity contribution in [1.29, 1.82) is 0 Å². The van der Waals surface area contributed by atoms with Gasteiger partial charge in [-0.15, -0.1) is 11.3 Å². The number of amides is 1. The summed E-state index contributed by atoms with van der Waals surface area (Å²) in [5.74, 6) is 2.03. The zero-order valence-electron chi connectivity index (χ0n) is 14.5. The van der Waals surface area contributed by atoms with Gasteiger partial charge >= 0.3 is 0 Å². The fourth-order valence-corrected chi connectivity index (χ4v) is 4.80. The highest BCUT2D eigenvalue weighted by molar-refractivity contribution is 7.07. The molecule has 2 aromatic rings. The monoisotopic (exact) mass is 371 g/mol. The molecule has 3 saturated heterocycles. The van der Waals surface area contributed by atoms with Gasteiger partial charge in [-0.1, -0.05) is 6.07 Å². The van der Waals surface area contributed by atoms with E-state index in [0.29, 0.717) is 19.2 Å². The Bertz CT molecular complexity index is 810. The third-order valence-electron chi connectivity index (χ3n) is 5.53. The van der Waals surface area contributed by atoms with E-state index in [0.717, 1.165) is 49.7 Å². The maximum Gasteiger partial charge on any atom is 0.231 e. The van der Waals surface area contributed by atoms with Gasteiger partial charge in [0, 0.05) is 31.1 Å². The first-order valence-electron chi connectivity index (χ1n) is 9.05. The van der Waals surface area contributed by atoms with E-state index in [2.05, 4.69) is 26.9 Å². The highest BCUT2D eigenvalue weighted by Gasteiger charge is 2.40. The van der Waals surface area contributed by atoms with Crippen LogP contribution in [0.15, 0.2) is 29.1 Å². The molecule has 0 N–H and O–H groups in total. The summed E-state index contributed by atoms with van der Waals surface area (Å²) in [5, 5.41) is 2.04. The summed E-state index contributed by atoms with van der Waals surface area (Å²) < 4.78 is 10.9. The lowest BCUT2D eigenvalue weighted by atomic mass is 9.94. The van der Waals surface area contributed by atoms with Gasteiger partial charge in [0.1, 0.15) is 0 Å². The predicted molar refractivity (Wildman–Crippen MR) is 97.0 cm³/mol. The second kappa shape index (κ2) is 6.55. The number of fused-ring (bicyclic) bond motifs is 5. The van der Waals surface area contributed by atoms with Crippen LogP contribution in [0.3, 0.4) is 0 Å². The summed E-state index contributed by atoms with van der Waals surface area (Å²) in [4.78, 5) is 21.8. The van der Waals surface area contributed by atoms with Crippen LogP contribution >= 0.6 is 11.3 Å². The number of rotatable bonds is 4. The Labute approximate surface area is 156 Å². The summed E-state index contributed by atoms with van der Waals surface area (Å²) in [5.41, 5.74) is 4.04. The Morgan fingerprint density at radius 3 is 2.96 bits per heavy atom. The number of carbonyl (C=O) groups excluding carboxylic acids is 1. The Balaban J connectivity index is 1.32. The topological polar surface area (TPSA) is 54.9 Å². The molecule has 6 nitrogen and oxygen atoms in total. The fourth-order valence-electron chi connectivity index (χ4n) is 4.25. The van der Waals surface area contributed by atoms with Gasteiger partial charge in [0.2, 0.25) is 12.7 Å². The molecule has 1 amide bonds. The molecule has 5 heterocycles. The number of benzene rings is 1. The van der Waals surface area contributed by atoms with Crippen molar-refractivity contribution < 1.29 is 14.3 Å². The Hall–Kier alpha value is -2.12. The molecule has 1 aromatic heterocycles. The molecule has 6 rings (SSSR count). The van der Waals surface area contributed by atoms with Crippen molar-refractivity contribution >= 4 is 17.2 Å². The summed E-state index contributed by atoms with van der Waals surface area (Å²) in [6, 6.07) is 6.40. The summed E-state index contributed by atoms with van der Waals surface area (Å²) in [6.07, 6.45) is 2.08. The summed E-state index contributed by atoms with van der Waals surface area (Å²) >= 11 is 1.59. The second-order valence-corrected chi connectivity index (χ2v) is 7.97. The van der Waals surface area contributed by atoms with Crippen LogP contribution in [0, 0.1) is 5.92 Å². The number of thiazole rings is 1. The van der Waals surface area contributed by atoms with Crippen molar-refractivity contribution in [2.24, 2.45) is 5.92 Å². The molecule has 136 valence electrons. The third-order valence-corrected chi connectivity index (χ3v) is 6.16. The minimum atomic E-state index is 0.0985. The SMILES string of the molecule is O=C1[C@H]2CC[C@H](CN(Cc3ccc4c(c3)OCO4)C2)N1Cc1cscn1. The first kappa shape index (κ1) is 16.1. The van der Waals surface area contributed by atoms with Crippen LogP contribution in [0.4, 0.5) is 0 Å². The zero-order valence-corrected chi connectivity index (χ0v) is 15.3. The fraction of sp³-hybridized carbons (Fsp3) is 0.474. The van der Waals surface area contributed by atoms with E-state index in [1.165, 1.54) is 5.56 Å². The molecule has 0 saturated carbocycles. The van der Waals surface area contributed by atoms with Crippen LogP contribution in [-0.2, 0) is 17.9 Å². The molecule has 0 radical (unpaired) electrons. The van der Waals surface area contributed by atoms with E-state index < -0.39 is 0 Å². The molecule has 0 spiro atoms. The third kappa shape index (κ3) is 2.95. The van der Waals surface area contributed by atoms with Crippen LogP contribution in [0.1, 0.15) is 24.1 Å². The highest BCUT2D eigenvalue weighted by Crippen LogP contribution is 2.34. The number of ether oxygens (including phenoxy) is 2. The molecule has 2 atom stereocenters. The molecular weight excluding hydrogens is 350 g/mol. The first-order chi connectivity index (χ1) is 12.8. The Morgan fingerprint density at radius 2 is 2.08 bits per heavy atom. The molecule has 3 fully saturated rings. The molecule has 26 heavy (non-hydrogen) atoms. The van der Waals surface area contributed by atoms with E-state index in [1.807, 2.05) is 17.0 Å². The van der Waals surface area contributed by atoms with Gasteiger partial charge in [-0.05, 0) is 30.5 Å². The highest BCUT2D eigenvalue weighted by atomic mass is 32.1. The lowest BCUT2D eigenvalue weighted by Gasteiger charge is -2.35. The molecule has 0 unspecified atom stereocenters. The van der Waals surface area contributed by atoms with Crippen molar-refractivity contribution in [2.75, 3.05) is 19.9 Å². The zero-order chi connectivity index (χ0) is 17.5. The summed E-state index contributed by atoms with van der Waals surface area (Å²) in [6.45, 7) is 3.52. The van der Waals surface area contributed by atoms with Crippen molar-refractivity contribution in [3.8, 4) is 11.5 Å². The normalized spacial score (nSPS) is 24.9. The minimum Gasteiger partial charge on any atom is -0.454 e. The average molecular weight is 371 g/mol. The quantitative estimate of drug-likeness (QED) is 0.827. The Kier molecular flexibility index (Phi) is 4.05. The van der Waals surface area contributed by atoms with Crippen molar-refractivity contribution in [1.82, 2.24) is 14.8 Å². The lowest BCUT2D eigenvalue weighted by Crippen LogP contribution is -2.47. The maximum absolute atomic E-state index is 12.9. The maximum atomic E-state index is 12.9. The van der Waals surface area contributed by atoms with E-state index in [-0.39, 0.29) is 12.0 Å². The largest absolute Gasteiger partial charge is 0.454 e. The van der Waals surface area contributed by atoms with Crippen LogP contribution < -0.4 is 9.47 Å². The molecule has 4 aliphatic heterocycles. The molecule has 1 aromatic carbocycles. The van der Waals surface area contributed by atoms with E-state index in [4.69, 9.17) is 9.47 Å². The number of aromatic nitrogens is 1. The molecule has 2 bridgehead atoms. The smallest absolute Gasteiger partial charge is 0.231 e. The van der Waals surface area contributed by atoms with Gasteiger partial charge in [0.15, 0.2) is 11.5 Å². The minimum absolute atomic E-state index is 0.0985. The van der Waals surface area contributed by atoms with E-state index in [9.17, 15) is 4.79 Å². The van der Waals surface area contributed by atoms with Crippen molar-refractivity contribution in [2.45, 2.75) is 32.0 Å². The Morgan fingerprint density at radius 1 is 1.15 bits per heavy atom. The average Bonchev–Trinajstić information content (AvgIpc) is 3.25. The first-order valence-corrected chi connectivity index (χ1v) is 9.99. The van der Waals surface area contributed by atoms with Crippen LogP contribution in [0.2, 0.25) is 0 Å². The second-order valence-electron chi connectivity index (χ2n) is 7.26. The number of carbonyl (C=O) groups is 1. The van der Waals surface area contributed by atoms with Crippen LogP contribution in [0.25, 0.3) is 0 Å². The molecular formula is C19H21N3O3S. The van der Waals surface area contributed by atoms with E-state index in [1.54, 1.807) is 11.3 Å². The predicted octanol–water partition coefficient (Wildman–Crippen LogP) is 2.49. The van der Waals surface area contributed by atoms with Crippen molar-refractivity contribution in [3.05, 3.63) is 40.3 Å². The van der Waals surface area contributed by atoms with E-state index >= 15 is 0 Å². The summed E-state index contributed by atoms with van der Waals surface area (Å²) in [7, 11) is 0. The van der Waals surface area contributed by atoms with Crippen LogP contribution in [0.5, 0.6) is 11.5 Å².